The highest BCUT2D eigenvalue weighted by Gasteiger charge is 2.26. The lowest BCUT2D eigenvalue weighted by molar-refractivity contribution is 0.227. The highest BCUT2D eigenvalue weighted by molar-refractivity contribution is 5.75. The van der Waals surface area contributed by atoms with Crippen LogP contribution < -0.4 is 10.5 Å². The topological polar surface area (TPSA) is 120 Å². The monoisotopic (exact) mass is 430 g/mol. The minimum absolute atomic E-state index is 0.194. The molecule has 0 spiro atoms. The Bertz CT molecular complexity index is 1410. The summed E-state index contributed by atoms with van der Waals surface area (Å²) in [5, 5.41) is 23.4. The van der Waals surface area contributed by atoms with Gasteiger partial charge in [-0.05, 0) is 31.2 Å². The lowest BCUT2D eigenvalue weighted by Crippen LogP contribution is -2.09. The number of pyridine rings is 1. The van der Waals surface area contributed by atoms with Crippen LogP contribution in [0.15, 0.2) is 30.5 Å². The minimum Gasteiger partial charge on any atom is -0.482 e. The average Bonchev–Trinajstić information content (AvgIpc) is 3.27. The number of hydrogen-bond donors (Lipinski definition) is 1. The van der Waals surface area contributed by atoms with Gasteiger partial charge in [-0.15, -0.1) is 0 Å². The van der Waals surface area contributed by atoms with Crippen LogP contribution >= 0.6 is 0 Å². The van der Waals surface area contributed by atoms with Crippen molar-refractivity contribution in [2.75, 3.05) is 5.73 Å². The van der Waals surface area contributed by atoms with Gasteiger partial charge in [0.2, 0.25) is 0 Å². The van der Waals surface area contributed by atoms with Gasteiger partial charge in [0.05, 0.1) is 11.4 Å². The molecule has 10 heteroatoms. The maximum absolute atomic E-state index is 14.2. The van der Waals surface area contributed by atoms with E-state index in [2.05, 4.69) is 26.3 Å². The fourth-order valence-corrected chi connectivity index (χ4v) is 4.09. The Hall–Kier alpha value is -4.26. The maximum Gasteiger partial charge on any atom is 0.166 e. The molecule has 0 amide bonds. The van der Waals surface area contributed by atoms with Gasteiger partial charge in [-0.2, -0.15) is 25.4 Å². The van der Waals surface area contributed by atoms with Crippen molar-refractivity contribution in [2.45, 2.75) is 19.4 Å². The van der Waals surface area contributed by atoms with E-state index < -0.39 is 6.10 Å². The third-order valence-corrected chi connectivity index (χ3v) is 5.52. The number of halogens is 1. The van der Waals surface area contributed by atoms with Crippen LogP contribution in [0.5, 0.6) is 5.75 Å². The Morgan fingerprint density at radius 3 is 2.78 bits per heavy atom. The van der Waals surface area contributed by atoms with Crippen LogP contribution in [0, 0.1) is 17.1 Å². The van der Waals surface area contributed by atoms with Crippen LogP contribution in [-0.2, 0) is 20.5 Å². The van der Waals surface area contributed by atoms with Gasteiger partial charge >= 0.3 is 0 Å². The quantitative estimate of drug-likeness (QED) is 0.455. The molecular formula is C22H19FN8O. The number of hydrogen-bond acceptors (Lipinski definition) is 7. The van der Waals surface area contributed by atoms with Crippen molar-refractivity contribution in [3.05, 3.63) is 58.9 Å². The van der Waals surface area contributed by atoms with Gasteiger partial charge in [0.25, 0.3) is 0 Å². The van der Waals surface area contributed by atoms with Crippen LogP contribution in [0.1, 0.15) is 35.7 Å². The molecular weight excluding hydrogens is 411 g/mol. The molecule has 0 saturated heterocycles. The van der Waals surface area contributed by atoms with Gasteiger partial charge < -0.3 is 10.5 Å². The number of nitrogens with zero attached hydrogens (tertiary/aromatic N) is 7. The van der Waals surface area contributed by atoms with E-state index in [0.717, 1.165) is 0 Å². The second kappa shape index (κ2) is 7.16. The summed E-state index contributed by atoms with van der Waals surface area (Å²) >= 11 is 0. The number of nitrogens with two attached hydrogens (primary N) is 1. The third-order valence-electron chi connectivity index (χ3n) is 5.52. The zero-order valence-electron chi connectivity index (χ0n) is 17.7. The first kappa shape index (κ1) is 19.7. The van der Waals surface area contributed by atoms with Crippen LogP contribution in [-0.4, -0.2) is 29.8 Å². The first-order valence-electron chi connectivity index (χ1n) is 9.94. The number of aryl methyl sites for hydroxylation is 2. The largest absolute Gasteiger partial charge is 0.482 e. The molecule has 1 unspecified atom stereocenters. The Morgan fingerprint density at radius 1 is 1.19 bits per heavy atom. The van der Waals surface area contributed by atoms with Crippen molar-refractivity contribution in [2.24, 2.45) is 14.1 Å². The van der Waals surface area contributed by atoms with E-state index in [1.807, 2.05) is 6.92 Å². The van der Waals surface area contributed by atoms with Crippen LogP contribution in [0.2, 0.25) is 0 Å². The van der Waals surface area contributed by atoms with Gasteiger partial charge in [0.1, 0.15) is 29.4 Å². The summed E-state index contributed by atoms with van der Waals surface area (Å²) in [4.78, 5) is 5.74. The second-order valence-corrected chi connectivity index (χ2v) is 7.67. The number of aromatic nitrogens is 6. The maximum atomic E-state index is 14.2. The number of fused-ring (bicyclic) bond motifs is 7. The molecule has 0 fully saturated rings. The number of nitrogen functional groups attached to an aromatic ring is 1. The molecule has 2 bridgehead atoms. The SMILES string of the molecule is CC1Oc2cc(cnc2N)-c2c(nn(C)c2C#N)Cc2nn(C)nc2-c2ccc(F)cc21. The first-order valence-corrected chi connectivity index (χ1v) is 9.94. The van der Waals surface area contributed by atoms with Crippen molar-refractivity contribution in [3.63, 3.8) is 0 Å². The number of benzene rings is 1. The van der Waals surface area contributed by atoms with E-state index in [9.17, 15) is 9.65 Å². The molecule has 0 saturated carbocycles. The molecule has 4 aromatic rings. The summed E-state index contributed by atoms with van der Waals surface area (Å²) in [6.07, 6.45) is 1.35. The van der Waals surface area contributed by atoms with E-state index >= 15 is 0 Å². The summed E-state index contributed by atoms with van der Waals surface area (Å²) in [6, 6.07) is 8.43. The van der Waals surface area contributed by atoms with Crippen molar-refractivity contribution < 1.29 is 9.13 Å². The number of nitriles is 1. The number of anilines is 1. The molecule has 1 atom stereocenters. The van der Waals surface area contributed by atoms with Crippen LogP contribution in [0.3, 0.4) is 0 Å². The molecule has 160 valence electrons. The molecule has 32 heavy (non-hydrogen) atoms. The van der Waals surface area contributed by atoms with Crippen LogP contribution in [0.4, 0.5) is 10.2 Å². The van der Waals surface area contributed by atoms with Gasteiger partial charge in [0, 0.05) is 49.0 Å². The summed E-state index contributed by atoms with van der Waals surface area (Å²) < 4.78 is 21.9. The lowest BCUT2D eigenvalue weighted by Gasteiger charge is -2.20. The van der Waals surface area contributed by atoms with Crippen molar-refractivity contribution in [1.82, 2.24) is 29.8 Å². The highest BCUT2D eigenvalue weighted by atomic mass is 19.1. The van der Waals surface area contributed by atoms with Gasteiger partial charge in [-0.25, -0.2) is 9.37 Å². The molecule has 2 N–H and O–H groups in total. The molecule has 3 aromatic heterocycles. The summed E-state index contributed by atoms with van der Waals surface area (Å²) in [6.45, 7) is 1.81. The average molecular weight is 430 g/mol. The lowest BCUT2D eigenvalue weighted by atomic mass is 9.96. The van der Waals surface area contributed by atoms with Gasteiger partial charge in [-0.3, -0.25) is 4.68 Å². The first-order chi connectivity index (χ1) is 15.4. The predicted molar refractivity (Wildman–Crippen MR) is 114 cm³/mol. The van der Waals surface area contributed by atoms with E-state index in [1.54, 1.807) is 32.4 Å². The Labute approximate surface area is 182 Å². The summed E-state index contributed by atoms with van der Waals surface area (Å²) in [5.74, 6) is 0.144. The molecule has 0 aliphatic carbocycles. The van der Waals surface area contributed by atoms with Crippen molar-refractivity contribution in [3.8, 4) is 34.2 Å². The standard InChI is InChI=1S/C22H19FN8O/c1-11-15-7-13(23)4-5-14(15)21-17(28-31(3)29-21)8-16-20(18(9-24)30(2)27-16)12-6-19(32-11)22(25)26-10-12/h4-7,10-11H,8H2,1-3H3,(H2,25,26). The van der Waals surface area contributed by atoms with E-state index in [1.165, 1.54) is 21.6 Å². The number of rotatable bonds is 0. The third kappa shape index (κ3) is 3.06. The van der Waals surface area contributed by atoms with E-state index in [-0.39, 0.29) is 11.6 Å². The molecule has 4 heterocycles. The molecule has 9 nitrogen and oxygen atoms in total. The van der Waals surface area contributed by atoms with Crippen LogP contribution in [0.25, 0.3) is 22.4 Å². The molecule has 1 aliphatic heterocycles. The highest BCUT2D eigenvalue weighted by Crippen LogP contribution is 2.38. The van der Waals surface area contributed by atoms with Gasteiger partial charge in [0.15, 0.2) is 11.6 Å². The molecule has 1 aliphatic rings. The zero-order valence-corrected chi connectivity index (χ0v) is 17.7. The Balaban J connectivity index is 1.84. The van der Waals surface area contributed by atoms with Crippen molar-refractivity contribution in [1.29, 1.82) is 5.26 Å². The Kier molecular flexibility index (Phi) is 4.41. The smallest absolute Gasteiger partial charge is 0.166 e. The number of ether oxygens (including phenoxy) is 1. The fraction of sp³-hybridized carbons (Fsp3) is 0.227. The zero-order chi connectivity index (χ0) is 22.6. The normalized spacial score (nSPS) is 14.8. The van der Waals surface area contributed by atoms with E-state index in [4.69, 9.17) is 10.5 Å². The summed E-state index contributed by atoms with van der Waals surface area (Å²) in [7, 11) is 3.44. The Morgan fingerprint density at radius 2 is 2.00 bits per heavy atom. The molecule has 5 rings (SSSR count). The fourth-order valence-electron chi connectivity index (χ4n) is 4.09. The molecule has 0 radical (unpaired) electrons. The molecule has 1 aromatic carbocycles. The van der Waals surface area contributed by atoms with E-state index in [0.29, 0.717) is 57.2 Å². The minimum atomic E-state index is -0.557. The predicted octanol–water partition coefficient (Wildman–Crippen LogP) is 2.91. The van der Waals surface area contributed by atoms with Crippen molar-refractivity contribution >= 4 is 5.82 Å². The van der Waals surface area contributed by atoms with Gasteiger partial charge in [-0.1, -0.05) is 0 Å². The summed E-state index contributed by atoms with van der Waals surface area (Å²) in [5.41, 5.74) is 10.9. The second-order valence-electron chi connectivity index (χ2n) is 7.67.